The van der Waals surface area contributed by atoms with Crippen LogP contribution in [-0.2, 0) is 0 Å². The van der Waals surface area contributed by atoms with Gasteiger partial charge in [0.15, 0.2) is 0 Å². The largest absolute Gasteiger partial charge is 0.485 e. The normalized spacial score (nSPS) is 30.7. The van der Waals surface area contributed by atoms with Crippen LogP contribution in [0.5, 0.6) is 5.75 Å². The Morgan fingerprint density at radius 2 is 2.26 bits per heavy atom. The van der Waals surface area contributed by atoms with Gasteiger partial charge < -0.3 is 9.84 Å². The van der Waals surface area contributed by atoms with Gasteiger partial charge in [0.05, 0.1) is 6.10 Å². The minimum Gasteiger partial charge on any atom is -0.485 e. The average molecular weight is 265 g/mol. The van der Waals surface area contributed by atoms with Crippen LogP contribution in [0.15, 0.2) is 18.2 Å². The van der Waals surface area contributed by atoms with Crippen molar-refractivity contribution < 1.29 is 14.2 Å². The van der Waals surface area contributed by atoms with E-state index in [1.165, 1.54) is 12.1 Å². The van der Waals surface area contributed by atoms with Crippen molar-refractivity contribution in [1.29, 1.82) is 0 Å². The molecule has 2 heterocycles. The third-order valence-corrected chi connectivity index (χ3v) is 4.30. The molecule has 2 aliphatic heterocycles. The SMILES string of the molecule is CC(C)N1CCC2(CC(O)c3ccc(F)cc3O2)C1. The van der Waals surface area contributed by atoms with Crippen LogP contribution in [0.2, 0.25) is 0 Å². The average Bonchev–Trinajstić information content (AvgIpc) is 2.72. The topological polar surface area (TPSA) is 32.7 Å². The molecule has 104 valence electrons. The summed E-state index contributed by atoms with van der Waals surface area (Å²) in [6.07, 6.45) is 0.920. The summed E-state index contributed by atoms with van der Waals surface area (Å²) < 4.78 is 19.4. The van der Waals surface area contributed by atoms with Crippen molar-refractivity contribution in [3.63, 3.8) is 0 Å². The Morgan fingerprint density at radius 1 is 1.47 bits per heavy atom. The number of fused-ring (bicyclic) bond motifs is 1. The molecule has 1 aromatic carbocycles. The van der Waals surface area contributed by atoms with Gasteiger partial charge in [-0.3, -0.25) is 4.90 Å². The molecule has 0 saturated carbocycles. The number of likely N-dealkylation sites (tertiary alicyclic amines) is 1. The van der Waals surface area contributed by atoms with E-state index in [1.807, 2.05) is 0 Å². The lowest BCUT2D eigenvalue weighted by molar-refractivity contribution is -0.00915. The molecule has 0 amide bonds. The summed E-state index contributed by atoms with van der Waals surface area (Å²) >= 11 is 0. The fourth-order valence-electron chi connectivity index (χ4n) is 3.18. The maximum absolute atomic E-state index is 13.3. The Kier molecular flexibility index (Phi) is 3.02. The number of rotatable bonds is 1. The molecular weight excluding hydrogens is 245 g/mol. The molecular formula is C15H20FNO2. The quantitative estimate of drug-likeness (QED) is 0.847. The highest BCUT2D eigenvalue weighted by molar-refractivity contribution is 5.39. The monoisotopic (exact) mass is 265 g/mol. The molecule has 1 aromatic rings. The Morgan fingerprint density at radius 3 is 2.95 bits per heavy atom. The summed E-state index contributed by atoms with van der Waals surface area (Å²) in [6.45, 7) is 6.09. The molecule has 0 radical (unpaired) electrons. The number of nitrogens with zero attached hydrogens (tertiary/aromatic N) is 1. The highest BCUT2D eigenvalue weighted by atomic mass is 19.1. The predicted octanol–water partition coefficient (Wildman–Crippen LogP) is 2.49. The Labute approximate surface area is 113 Å². The summed E-state index contributed by atoms with van der Waals surface area (Å²) in [5.41, 5.74) is 0.347. The molecule has 2 atom stereocenters. The standard InChI is InChI=1S/C15H20FNO2/c1-10(2)17-6-5-15(9-17)8-13(18)12-4-3-11(16)7-14(12)19-15/h3-4,7,10,13,18H,5-6,8-9H2,1-2H3. The van der Waals surface area contributed by atoms with Gasteiger partial charge in [0.1, 0.15) is 17.2 Å². The van der Waals surface area contributed by atoms with Gasteiger partial charge >= 0.3 is 0 Å². The lowest BCUT2D eigenvalue weighted by Gasteiger charge is -2.38. The molecule has 2 aliphatic rings. The van der Waals surface area contributed by atoms with Gasteiger partial charge in [0, 0.05) is 43.6 Å². The van der Waals surface area contributed by atoms with E-state index >= 15 is 0 Å². The van der Waals surface area contributed by atoms with Crippen molar-refractivity contribution in [2.24, 2.45) is 0 Å². The number of aliphatic hydroxyl groups is 1. The highest BCUT2D eigenvalue weighted by Gasteiger charge is 2.46. The molecule has 3 rings (SSSR count). The molecule has 0 aromatic heterocycles. The molecule has 2 unspecified atom stereocenters. The van der Waals surface area contributed by atoms with E-state index in [0.29, 0.717) is 23.8 Å². The minimum atomic E-state index is -0.559. The van der Waals surface area contributed by atoms with E-state index in [0.717, 1.165) is 19.5 Å². The van der Waals surface area contributed by atoms with Gasteiger partial charge in [-0.25, -0.2) is 4.39 Å². The van der Waals surface area contributed by atoms with Crippen LogP contribution in [-0.4, -0.2) is 34.7 Å². The van der Waals surface area contributed by atoms with E-state index in [1.54, 1.807) is 6.07 Å². The van der Waals surface area contributed by atoms with Crippen molar-refractivity contribution >= 4 is 0 Å². The molecule has 1 saturated heterocycles. The first-order valence-electron chi connectivity index (χ1n) is 6.90. The van der Waals surface area contributed by atoms with Crippen LogP contribution in [0.1, 0.15) is 38.4 Å². The second kappa shape index (κ2) is 4.46. The summed E-state index contributed by atoms with van der Waals surface area (Å²) in [7, 11) is 0. The van der Waals surface area contributed by atoms with Crippen LogP contribution < -0.4 is 4.74 Å². The van der Waals surface area contributed by atoms with E-state index in [9.17, 15) is 9.50 Å². The van der Waals surface area contributed by atoms with Crippen LogP contribution in [0, 0.1) is 5.82 Å². The van der Waals surface area contributed by atoms with Gasteiger partial charge in [0.2, 0.25) is 0 Å². The zero-order valence-electron chi connectivity index (χ0n) is 11.4. The first-order chi connectivity index (χ1) is 8.99. The van der Waals surface area contributed by atoms with Gasteiger partial charge in [-0.05, 0) is 26.0 Å². The third-order valence-electron chi connectivity index (χ3n) is 4.30. The maximum atomic E-state index is 13.3. The number of hydrogen-bond acceptors (Lipinski definition) is 3. The first kappa shape index (κ1) is 12.9. The molecule has 1 spiro atoms. The third kappa shape index (κ3) is 2.23. The van der Waals surface area contributed by atoms with Crippen LogP contribution in [0.3, 0.4) is 0 Å². The lowest BCUT2D eigenvalue weighted by atomic mass is 9.88. The molecule has 19 heavy (non-hydrogen) atoms. The molecule has 4 heteroatoms. The summed E-state index contributed by atoms with van der Waals surface area (Å²) in [4.78, 5) is 2.34. The summed E-state index contributed by atoms with van der Waals surface area (Å²) in [6, 6.07) is 4.85. The van der Waals surface area contributed by atoms with E-state index < -0.39 is 6.10 Å². The first-order valence-corrected chi connectivity index (χ1v) is 6.90. The highest BCUT2D eigenvalue weighted by Crippen LogP contribution is 2.44. The van der Waals surface area contributed by atoms with Gasteiger partial charge in [0.25, 0.3) is 0 Å². The van der Waals surface area contributed by atoms with Crippen molar-refractivity contribution in [3.05, 3.63) is 29.6 Å². The smallest absolute Gasteiger partial charge is 0.128 e. The zero-order valence-corrected chi connectivity index (χ0v) is 11.4. The fourth-order valence-corrected chi connectivity index (χ4v) is 3.18. The number of halogens is 1. The van der Waals surface area contributed by atoms with Gasteiger partial charge in [-0.15, -0.1) is 0 Å². The number of hydrogen-bond donors (Lipinski definition) is 1. The fraction of sp³-hybridized carbons (Fsp3) is 0.600. The Balaban J connectivity index is 1.88. The van der Waals surface area contributed by atoms with Crippen LogP contribution in [0.4, 0.5) is 4.39 Å². The summed E-state index contributed by atoms with van der Waals surface area (Å²) in [5, 5.41) is 10.3. The van der Waals surface area contributed by atoms with E-state index in [2.05, 4.69) is 18.7 Å². The molecule has 3 nitrogen and oxygen atoms in total. The predicted molar refractivity (Wildman–Crippen MR) is 70.7 cm³/mol. The summed E-state index contributed by atoms with van der Waals surface area (Å²) in [5.74, 6) is 0.186. The Hall–Kier alpha value is -1.13. The minimum absolute atomic E-state index is 0.318. The number of aliphatic hydroxyl groups excluding tert-OH is 1. The Bertz CT molecular complexity index is 491. The molecule has 1 fully saturated rings. The molecule has 0 aliphatic carbocycles. The van der Waals surface area contributed by atoms with Crippen molar-refractivity contribution in [3.8, 4) is 5.75 Å². The van der Waals surface area contributed by atoms with Gasteiger partial charge in [-0.1, -0.05) is 0 Å². The van der Waals surface area contributed by atoms with E-state index in [-0.39, 0.29) is 11.4 Å². The second-order valence-corrected chi connectivity index (χ2v) is 6.00. The molecule has 0 bridgehead atoms. The number of ether oxygens (including phenoxy) is 1. The van der Waals surface area contributed by atoms with E-state index in [4.69, 9.17) is 4.74 Å². The van der Waals surface area contributed by atoms with Gasteiger partial charge in [-0.2, -0.15) is 0 Å². The van der Waals surface area contributed by atoms with Crippen molar-refractivity contribution in [2.75, 3.05) is 13.1 Å². The van der Waals surface area contributed by atoms with Crippen LogP contribution in [0.25, 0.3) is 0 Å². The number of benzene rings is 1. The van der Waals surface area contributed by atoms with Crippen molar-refractivity contribution in [1.82, 2.24) is 4.90 Å². The molecule has 1 N–H and O–H groups in total. The van der Waals surface area contributed by atoms with Crippen LogP contribution >= 0.6 is 0 Å². The maximum Gasteiger partial charge on any atom is 0.128 e. The zero-order chi connectivity index (χ0) is 13.6. The lowest BCUT2D eigenvalue weighted by Crippen LogP contribution is -2.44. The second-order valence-electron chi connectivity index (χ2n) is 6.00. The van der Waals surface area contributed by atoms with Crippen molar-refractivity contribution in [2.45, 2.75) is 44.4 Å².